The zero-order valence-corrected chi connectivity index (χ0v) is 16.6. The van der Waals surface area contributed by atoms with Crippen molar-refractivity contribution in [1.29, 1.82) is 0 Å². The molecule has 0 aromatic heterocycles. The lowest BCUT2D eigenvalue weighted by Gasteiger charge is -2.08. The number of rotatable bonds is 20. The highest BCUT2D eigenvalue weighted by Gasteiger charge is 1.92. The summed E-state index contributed by atoms with van der Waals surface area (Å²) in [7, 11) is 5.48. The van der Waals surface area contributed by atoms with E-state index in [4.69, 9.17) is 19.0 Å². The van der Waals surface area contributed by atoms with Crippen LogP contribution < -0.4 is 27.0 Å². The summed E-state index contributed by atoms with van der Waals surface area (Å²) in [5, 5.41) is 8.57. The second kappa shape index (κ2) is 29.1. The molecule has 0 aromatic rings. The van der Waals surface area contributed by atoms with Gasteiger partial charge in [-0.15, -0.1) is 5.59 Å². The molecule has 0 aliphatic rings. The van der Waals surface area contributed by atoms with Crippen molar-refractivity contribution in [2.75, 3.05) is 87.1 Å². The van der Waals surface area contributed by atoms with E-state index in [0.29, 0.717) is 46.3 Å². The Bertz CT molecular complexity index is 235. The second-order valence-electron chi connectivity index (χ2n) is 5.04. The summed E-state index contributed by atoms with van der Waals surface area (Å²) in [6, 6.07) is 0. The van der Waals surface area contributed by atoms with E-state index in [1.54, 1.807) is 7.05 Å². The predicted molar refractivity (Wildman–Crippen MR) is 102 cm³/mol. The molecule has 0 saturated heterocycles. The molecule has 5 N–H and O–H groups in total. The largest absolute Gasteiger partial charge is 0.379 e. The Morgan fingerprint density at radius 2 is 1.31 bits per heavy atom. The highest BCUT2D eigenvalue weighted by atomic mass is 16.7. The topological polar surface area (TPSA) is 114 Å². The Balaban J connectivity index is 0. The zero-order chi connectivity index (χ0) is 19.6. The van der Waals surface area contributed by atoms with E-state index in [2.05, 4.69) is 27.0 Å². The fourth-order valence-corrected chi connectivity index (χ4v) is 1.45. The average molecular weight is 382 g/mol. The molecule has 0 fully saturated rings. The third-order valence-corrected chi connectivity index (χ3v) is 2.70. The third-order valence-electron chi connectivity index (χ3n) is 2.70. The van der Waals surface area contributed by atoms with Crippen molar-refractivity contribution in [1.82, 2.24) is 27.0 Å². The van der Waals surface area contributed by atoms with Crippen LogP contribution in [0.5, 0.6) is 0 Å². The van der Waals surface area contributed by atoms with E-state index < -0.39 is 0 Å². The molecule has 0 unspecified atom stereocenters. The summed E-state index contributed by atoms with van der Waals surface area (Å²) >= 11 is 0. The molecule has 0 aliphatic carbocycles. The summed E-state index contributed by atoms with van der Waals surface area (Å²) in [5.41, 5.74) is 5.53. The molecule has 0 saturated carbocycles. The van der Waals surface area contributed by atoms with Crippen molar-refractivity contribution >= 4 is 6.29 Å². The van der Waals surface area contributed by atoms with Gasteiger partial charge in [0.15, 0.2) is 0 Å². The van der Waals surface area contributed by atoms with Crippen LogP contribution in [0, 0.1) is 0 Å². The van der Waals surface area contributed by atoms with Crippen molar-refractivity contribution in [3.8, 4) is 0 Å². The van der Waals surface area contributed by atoms with Crippen molar-refractivity contribution in [3.05, 3.63) is 0 Å². The maximum atomic E-state index is 9.34. The quantitative estimate of drug-likeness (QED) is 0.0750. The van der Waals surface area contributed by atoms with E-state index in [-0.39, 0.29) is 0 Å². The van der Waals surface area contributed by atoms with Gasteiger partial charge in [0.25, 0.3) is 0 Å². The predicted octanol–water partition coefficient (Wildman–Crippen LogP) is -1.36. The number of nitrogens with one attached hydrogen (secondary N) is 5. The van der Waals surface area contributed by atoms with Crippen LogP contribution in [0.25, 0.3) is 0 Å². The molecule has 158 valence electrons. The second-order valence-corrected chi connectivity index (χ2v) is 5.04. The first-order chi connectivity index (χ1) is 12.8. The zero-order valence-electron chi connectivity index (χ0n) is 16.6. The lowest BCUT2D eigenvalue weighted by molar-refractivity contribution is -0.107. The molecule has 0 spiro atoms. The first-order valence-corrected chi connectivity index (χ1v) is 9.03. The highest BCUT2D eigenvalue weighted by molar-refractivity contribution is 5.51. The molecular formula is C16H39N5O5. The molecule has 0 atom stereocenters. The molecule has 0 rings (SSSR count). The van der Waals surface area contributed by atoms with Crippen LogP contribution in [-0.2, 0) is 23.8 Å². The molecule has 0 radical (unpaired) electrons. The first kappa shape index (κ1) is 27.5. The van der Waals surface area contributed by atoms with E-state index in [9.17, 15) is 4.79 Å². The molecule has 0 aliphatic heterocycles. The van der Waals surface area contributed by atoms with Crippen molar-refractivity contribution in [2.24, 2.45) is 0 Å². The summed E-state index contributed by atoms with van der Waals surface area (Å²) in [6.07, 6.45) is 2.76. The highest BCUT2D eigenvalue weighted by Crippen LogP contribution is 1.85. The van der Waals surface area contributed by atoms with Gasteiger partial charge in [0.1, 0.15) is 13.0 Å². The fraction of sp³-hybridized carbons (Fsp3) is 0.938. The summed E-state index contributed by atoms with van der Waals surface area (Å²) in [4.78, 5) is 14.3. The Morgan fingerprint density at radius 1 is 0.731 bits per heavy atom. The number of ether oxygens (including phenoxy) is 3. The number of aldehydes is 1. The first-order valence-electron chi connectivity index (χ1n) is 9.03. The lowest BCUT2D eigenvalue weighted by atomic mass is 10.4. The van der Waals surface area contributed by atoms with Gasteiger partial charge in [0, 0.05) is 19.8 Å². The van der Waals surface area contributed by atoms with E-state index in [1.165, 1.54) is 0 Å². The average Bonchev–Trinajstić information content (AvgIpc) is 2.65. The SMILES string of the molecule is CNCC=O.CNCCCOCCOCCOCCCNNOCNC. The Hall–Kier alpha value is -0.690. The van der Waals surface area contributed by atoms with Crippen molar-refractivity contribution in [3.63, 3.8) is 0 Å². The van der Waals surface area contributed by atoms with Gasteiger partial charge in [-0.1, -0.05) is 0 Å². The van der Waals surface area contributed by atoms with Gasteiger partial charge in [-0.2, -0.15) is 0 Å². The summed E-state index contributed by atoms with van der Waals surface area (Å²) in [5.74, 6) is 0. The standard InChI is InChI=1S/C13H32N4O4.C3H7NO/c1-14-5-3-7-18-9-11-20-12-10-19-8-4-6-16-17-21-13-15-2;1-4-2-3-5/h14-17H,3-13H2,1-2H3;3-4H,2H2,1H3. The number of hydrogen-bond acceptors (Lipinski definition) is 10. The van der Waals surface area contributed by atoms with Gasteiger partial charge < -0.3 is 29.6 Å². The third kappa shape index (κ3) is 31.1. The smallest absolute Gasteiger partial charge is 0.133 e. The number of carbonyl (C=O) groups excluding carboxylic acids is 1. The Labute approximate surface area is 158 Å². The number of hydrogen-bond donors (Lipinski definition) is 5. The molecular weight excluding hydrogens is 342 g/mol. The van der Waals surface area contributed by atoms with Crippen LogP contribution in [0.2, 0.25) is 0 Å². The van der Waals surface area contributed by atoms with Crippen molar-refractivity contribution in [2.45, 2.75) is 12.8 Å². The van der Waals surface area contributed by atoms with Gasteiger partial charge in [-0.05, 0) is 40.5 Å². The van der Waals surface area contributed by atoms with E-state index in [1.807, 2.05) is 14.1 Å². The van der Waals surface area contributed by atoms with Crippen LogP contribution in [-0.4, -0.2) is 93.4 Å². The number of carbonyl (C=O) groups is 1. The van der Waals surface area contributed by atoms with Crippen LogP contribution in [0.3, 0.4) is 0 Å². The van der Waals surface area contributed by atoms with Crippen LogP contribution in [0.1, 0.15) is 12.8 Å². The monoisotopic (exact) mass is 381 g/mol. The summed E-state index contributed by atoms with van der Waals surface area (Å²) in [6.45, 7) is 6.65. The minimum absolute atomic E-state index is 0.458. The van der Waals surface area contributed by atoms with E-state index in [0.717, 1.165) is 38.8 Å². The lowest BCUT2D eigenvalue weighted by Crippen LogP contribution is -2.35. The number of hydrazine groups is 1. The van der Waals surface area contributed by atoms with Crippen LogP contribution >= 0.6 is 0 Å². The van der Waals surface area contributed by atoms with E-state index >= 15 is 0 Å². The Kier molecular flexibility index (Phi) is 30.8. The maximum Gasteiger partial charge on any atom is 0.133 e. The molecule has 0 aromatic carbocycles. The minimum atomic E-state index is 0.458. The maximum absolute atomic E-state index is 9.34. The normalized spacial score (nSPS) is 10.4. The van der Waals surface area contributed by atoms with Gasteiger partial charge in [-0.3, -0.25) is 10.2 Å². The Morgan fingerprint density at radius 3 is 1.77 bits per heavy atom. The molecule has 0 heterocycles. The van der Waals surface area contributed by atoms with Crippen LogP contribution in [0.15, 0.2) is 0 Å². The minimum Gasteiger partial charge on any atom is -0.379 e. The van der Waals surface area contributed by atoms with Gasteiger partial charge >= 0.3 is 0 Å². The summed E-state index contributed by atoms with van der Waals surface area (Å²) < 4.78 is 16.2. The molecule has 0 bridgehead atoms. The van der Waals surface area contributed by atoms with Crippen LogP contribution in [0.4, 0.5) is 0 Å². The molecule has 26 heavy (non-hydrogen) atoms. The van der Waals surface area contributed by atoms with Crippen molar-refractivity contribution < 1.29 is 23.8 Å². The van der Waals surface area contributed by atoms with Gasteiger partial charge in [0.05, 0.1) is 33.0 Å². The number of likely N-dealkylation sites (N-methyl/N-ethyl adjacent to an activating group) is 1. The molecule has 10 nitrogen and oxygen atoms in total. The van der Waals surface area contributed by atoms with Gasteiger partial charge in [0.2, 0.25) is 0 Å². The molecule has 0 amide bonds. The molecule has 10 heteroatoms. The fourth-order valence-electron chi connectivity index (χ4n) is 1.45. The van der Waals surface area contributed by atoms with Gasteiger partial charge in [-0.25, -0.2) is 5.43 Å².